The van der Waals surface area contributed by atoms with E-state index in [0.29, 0.717) is 27.1 Å². The summed E-state index contributed by atoms with van der Waals surface area (Å²) in [6.07, 6.45) is 3.96. The Bertz CT molecular complexity index is 802. The van der Waals surface area contributed by atoms with Gasteiger partial charge in [-0.3, -0.25) is 4.79 Å². The van der Waals surface area contributed by atoms with Gasteiger partial charge in [-0.2, -0.15) is 5.10 Å². The molecule has 0 aliphatic heterocycles. The van der Waals surface area contributed by atoms with Crippen molar-refractivity contribution >= 4 is 22.2 Å². The van der Waals surface area contributed by atoms with Crippen molar-refractivity contribution in [2.24, 2.45) is 0 Å². The van der Waals surface area contributed by atoms with E-state index in [9.17, 15) is 9.18 Å². The Labute approximate surface area is 128 Å². The second-order valence-electron chi connectivity index (χ2n) is 4.31. The maximum absolute atomic E-state index is 13.2. The van der Waals surface area contributed by atoms with Crippen molar-refractivity contribution in [1.29, 1.82) is 0 Å². The molecule has 0 atom stereocenters. The molecule has 0 fully saturated rings. The van der Waals surface area contributed by atoms with Gasteiger partial charge in [0.1, 0.15) is 11.5 Å². The Balaban J connectivity index is 2.15. The first-order valence-corrected chi connectivity index (χ1v) is 6.90. The van der Waals surface area contributed by atoms with Crippen LogP contribution in [0.3, 0.4) is 0 Å². The fraction of sp³-hybridized carbons (Fsp3) is 0. The van der Waals surface area contributed by atoms with Gasteiger partial charge in [0.05, 0.1) is 5.56 Å². The van der Waals surface area contributed by atoms with E-state index in [1.807, 2.05) is 6.07 Å². The fourth-order valence-corrected chi connectivity index (χ4v) is 2.51. The maximum Gasteiger partial charge on any atom is 0.153 e. The molecule has 0 amide bonds. The van der Waals surface area contributed by atoms with E-state index in [2.05, 4.69) is 26.0 Å². The smallest absolute Gasteiger partial charge is 0.153 e. The van der Waals surface area contributed by atoms with E-state index in [1.54, 1.807) is 30.6 Å². The molecule has 0 radical (unpaired) electrons. The Morgan fingerprint density at radius 2 is 2.10 bits per heavy atom. The molecule has 104 valence electrons. The fourth-order valence-electron chi connectivity index (χ4n) is 1.97. The van der Waals surface area contributed by atoms with Crippen LogP contribution in [0.15, 0.2) is 53.3 Å². The summed E-state index contributed by atoms with van der Waals surface area (Å²) in [5.41, 5.74) is 1.53. The molecule has 4 nitrogen and oxygen atoms in total. The lowest BCUT2D eigenvalue weighted by atomic mass is 10.1. The number of aromatic nitrogens is 3. The third-order valence-electron chi connectivity index (χ3n) is 2.94. The van der Waals surface area contributed by atoms with E-state index in [0.717, 1.165) is 6.29 Å². The Morgan fingerprint density at radius 3 is 2.76 bits per heavy atom. The molecule has 0 bridgehead atoms. The summed E-state index contributed by atoms with van der Waals surface area (Å²) in [7, 11) is 0. The highest BCUT2D eigenvalue weighted by Gasteiger charge is 2.15. The van der Waals surface area contributed by atoms with E-state index in [-0.39, 0.29) is 5.82 Å². The number of benzene rings is 1. The van der Waals surface area contributed by atoms with Crippen LogP contribution in [-0.4, -0.2) is 21.1 Å². The number of carbonyl (C=O) groups excluding carboxylic acids is 1. The minimum atomic E-state index is -0.359. The summed E-state index contributed by atoms with van der Waals surface area (Å²) in [6.45, 7) is 0. The average Bonchev–Trinajstić information content (AvgIpc) is 2.92. The number of nitrogens with zero attached hydrogens (tertiary/aromatic N) is 3. The van der Waals surface area contributed by atoms with Crippen molar-refractivity contribution in [2.75, 3.05) is 0 Å². The zero-order valence-corrected chi connectivity index (χ0v) is 12.3. The number of carbonyl (C=O) groups is 1. The maximum atomic E-state index is 13.2. The van der Waals surface area contributed by atoms with Crippen LogP contribution in [0, 0.1) is 5.82 Å². The van der Waals surface area contributed by atoms with E-state index < -0.39 is 0 Å². The van der Waals surface area contributed by atoms with Gasteiger partial charge in [0, 0.05) is 22.4 Å². The van der Waals surface area contributed by atoms with Gasteiger partial charge in [0.25, 0.3) is 0 Å². The van der Waals surface area contributed by atoms with Crippen LogP contribution in [-0.2, 0) is 0 Å². The topological polar surface area (TPSA) is 47.8 Å². The summed E-state index contributed by atoms with van der Waals surface area (Å²) in [6, 6.07) is 9.66. The first-order valence-electron chi connectivity index (χ1n) is 6.10. The summed E-state index contributed by atoms with van der Waals surface area (Å²) >= 11 is 3.29. The minimum absolute atomic E-state index is 0.359. The van der Waals surface area contributed by atoms with Gasteiger partial charge < -0.3 is 0 Å². The second-order valence-corrected chi connectivity index (χ2v) is 5.16. The summed E-state index contributed by atoms with van der Waals surface area (Å²) in [4.78, 5) is 15.4. The monoisotopic (exact) mass is 345 g/mol. The predicted octanol–water partition coefficient (Wildman–Crippen LogP) is 3.65. The molecule has 1 aromatic carbocycles. The molecule has 0 saturated carbocycles. The molecule has 3 rings (SSSR count). The van der Waals surface area contributed by atoms with Crippen molar-refractivity contribution in [1.82, 2.24) is 14.8 Å². The quantitative estimate of drug-likeness (QED) is 0.680. The Kier molecular flexibility index (Phi) is 3.62. The van der Waals surface area contributed by atoms with Crippen molar-refractivity contribution in [3.63, 3.8) is 0 Å². The molecule has 0 N–H and O–H groups in total. The molecule has 0 aliphatic carbocycles. The molecule has 0 saturated heterocycles. The first-order chi connectivity index (χ1) is 10.2. The number of hydrogen-bond donors (Lipinski definition) is 0. The zero-order valence-electron chi connectivity index (χ0n) is 10.7. The summed E-state index contributed by atoms with van der Waals surface area (Å²) in [5.74, 6) is 0.243. The second kappa shape index (κ2) is 5.57. The van der Waals surface area contributed by atoms with Gasteiger partial charge in [-0.25, -0.2) is 14.1 Å². The van der Waals surface area contributed by atoms with Crippen molar-refractivity contribution in [3.8, 4) is 17.1 Å². The number of aldehydes is 1. The number of hydrogen-bond acceptors (Lipinski definition) is 3. The lowest BCUT2D eigenvalue weighted by molar-refractivity contribution is 0.112. The molecular formula is C15H9BrFN3O. The number of pyridine rings is 1. The van der Waals surface area contributed by atoms with Crippen LogP contribution in [0.25, 0.3) is 17.1 Å². The SMILES string of the molecule is O=Cc1cn(-c2ccccn2)nc1-c1ccc(F)cc1Br. The predicted molar refractivity (Wildman–Crippen MR) is 79.8 cm³/mol. The standard InChI is InChI=1S/C15H9BrFN3O/c16-13-7-11(17)4-5-12(13)15-10(9-21)8-20(19-15)14-3-1-2-6-18-14/h1-9H. The normalized spacial score (nSPS) is 10.6. The van der Waals surface area contributed by atoms with E-state index >= 15 is 0 Å². The summed E-state index contributed by atoms with van der Waals surface area (Å²) in [5, 5.41) is 4.38. The van der Waals surface area contributed by atoms with Gasteiger partial charge in [-0.15, -0.1) is 0 Å². The average molecular weight is 346 g/mol. The molecule has 0 unspecified atom stereocenters. The van der Waals surface area contributed by atoms with Crippen LogP contribution < -0.4 is 0 Å². The molecule has 0 spiro atoms. The third-order valence-corrected chi connectivity index (χ3v) is 3.60. The van der Waals surface area contributed by atoms with Crippen LogP contribution in [0.4, 0.5) is 4.39 Å². The summed E-state index contributed by atoms with van der Waals surface area (Å²) < 4.78 is 15.2. The third kappa shape index (κ3) is 2.62. The van der Waals surface area contributed by atoms with E-state index in [1.165, 1.54) is 16.8 Å². The van der Waals surface area contributed by atoms with Crippen LogP contribution in [0.5, 0.6) is 0 Å². The van der Waals surface area contributed by atoms with Crippen molar-refractivity contribution in [2.45, 2.75) is 0 Å². The van der Waals surface area contributed by atoms with E-state index in [4.69, 9.17) is 0 Å². The minimum Gasteiger partial charge on any atom is -0.298 e. The lowest BCUT2D eigenvalue weighted by Gasteiger charge is -2.02. The molecule has 6 heteroatoms. The highest BCUT2D eigenvalue weighted by atomic mass is 79.9. The molecule has 0 aliphatic rings. The van der Waals surface area contributed by atoms with Crippen LogP contribution >= 0.6 is 15.9 Å². The van der Waals surface area contributed by atoms with Crippen LogP contribution in [0.1, 0.15) is 10.4 Å². The Hall–Kier alpha value is -2.34. The first kappa shape index (κ1) is 13.6. The highest BCUT2D eigenvalue weighted by Crippen LogP contribution is 2.30. The molecule has 2 aromatic heterocycles. The largest absolute Gasteiger partial charge is 0.298 e. The van der Waals surface area contributed by atoms with Crippen LogP contribution in [0.2, 0.25) is 0 Å². The van der Waals surface area contributed by atoms with Gasteiger partial charge in [-0.05, 0) is 46.3 Å². The Morgan fingerprint density at radius 1 is 1.24 bits per heavy atom. The van der Waals surface area contributed by atoms with Gasteiger partial charge in [-0.1, -0.05) is 6.07 Å². The number of rotatable bonds is 3. The molecule has 3 aromatic rings. The van der Waals surface area contributed by atoms with Gasteiger partial charge in [0.2, 0.25) is 0 Å². The molecule has 2 heterocycles. The lowest BCUT2D eigenvalue weighted by Crippen LogP contribution is -1.97. The van der Waals surface area contributed by atoms with Gasteiger partial charge in [0.15, 0.2) is 12.1 Å². The van der Waals surface area contributed by atoms with Gasteiger partial charge >= 0.3 is 0 Å². The number of halogens is 2. The van der Waals surface area contributed by atoms with Crippen molar-refractivity contribution in [3.05, 3.63) is 64.6 Å². The highest BCUT2D eigenvalue weighted by molar-refractivity contribution is 9.10. The van der Waals surface area contributed by atoms with Crippen molar-refractivity contribution < 1.29 is 9.18 Å². The molecular weight excluding hydrogens is 337 g/mol. The molecule has 21 heavy (non-hydrogen) atoms. The zero-order chi connectivity index (χ0) is 14.8.